The smallest absolute Gasteiger partial charge is 0.164 e. The Hall–Kier alpha value is -0.720. The van der Waals surface area contributed by atoms with E-state index in [0.29, 0.717) is 12.4 Å². The number of nitrogens with two attached hydrogens (primary N) is 1. The second-order valence-corrected chi connectivity index (χ2v) is 4.61. The zero-order valence-electron chi connectivity index (χ0n) is 7.35. The molecule has 74 valence electrons. The van der Waals surface area contributed by atoms with Gasteiger partial charge in [-0.15, -0.1) is 11.3 Å². The minimum Gasteiger partial charge on any atom is -0.324 e. The summed E-state index contributed by atoms with van der Waals surface area (Å²) in [6.07, 6.45) is 1.70. The van der Waals surface area contributed by atoms with Crippen molar-refractivity contribution in [3.05, 3.63) is 32.9 Å². The van der Waals surface area contributed by atoms with Crippen LogP contribution in [0.5, 0.6) is 0 Å². The summed E-state index contributed by atoms with van der Waals surface area (Å²) in [6, 6.07) is 2.03. The van der Waals surface area contributed by atoms with Gasteiger partial charge < -0.3 is 5.73 Å². The van der Waals surface area contributed by atoms with Crippen molar-refractivity contribution < 1.29 is 0 Å². The lowest BCUT2D eigenvalue weighted by Crippen LogP contribution is -2.02. The van der Waals surface area contributed by atoms with Gasteiger partial charge in [0.1, 0.15) is 6.33 Å². The SMILES string of the molecule is NCc1ncn(Cc2sccc2Br)n1. The van der Waals surface area contributed by atoms with Crippen LogP contribution in [0.2, 0.25) is 0 Å². The van der Waals surface area contributed by atoms with Crippen molar-refractivity contribution >= 4 is 27.3 Å². The average molecular weight is 273 g/mol. The number of nitrogens with zero attached hydrogens (tertiary/aromatic N) is 3. The van der Waals surface area contributed by atoms with Gasteiger partial charge >= 0.3 is 0 Å². The van der Waals surface area contributed by atoms with Crippen LogP contribution >= 0.6 is 27.3 Å². The number of thiophene rings is 1. The molecule has 0 aromatic carbocycles. The molecule has 0 unspecified atom stereocenters. The molecule has 0 radical (unpaired) electrons. The molecule has 2 N–H and O–H groups in total. The Balaban J connectivity index is 2.15. The first-order chi connectivity index (χ1) is 6.79. The Kier molecular flexibility index (Phi) is 2.95. The molecule has 0 spiro atoms. The molecule has 0 bridgehead atoms. The van der Waals surface area contributed by atoms with E-state index in [1.165, 1.54) is 4.88 Å². The topological polar surface area (TPSA) is 56.7 Å². The van der Waals surface area contributed by atoms with Crippen molar-refractivity contribution in [2.45, 2.75) is 13.1 Å². The summed E-state index contributed by atoms with van der Waals surface area (Å²) in [4.78, 5) is 5.30. The second kappa shape index (κ2) is 4.20. The van der Waals surface area contributed by atoms with E-state index in [1.807, 2.05) is 11.4 Å². The lowest BCUT2D eigenvalue weighted by Gasteiger charge is -1.97. The van der Waals surface area contributed by atoms with Crippen LogP contribution in [0, 0.1) is 0 Å². The van der Waals surface area contributed by atoms with Crippen LogP contribution in [0.1, 0.15) is 10.7 Å². The molecule has 2 rings (SSSR count). The van der Waals surface area contributed by atoms with Gasteiger partial charge in [0.15, 0.2) is 5.82 Å². The predicted octanol–water partition coefficient (Wildman–Crippen LogP) is 1.61. The van der Waals surface area contributed by atoms with Crippen molar-refractivity contribution in [1.29, 1.82) is 0 Å². The van der Waals surface area contributed by atoms with E-state index in [4.69, 9.17) is 5.73 Å². The lowest BCUT2D eigenvalue weighted by molar-refractivity contribution is 0.677. The van der Waals surface area contributed by atoms with E-state index in [0.717, 1.165) is 11.0 Å². The molecule has 0 atom stereocenters. The molecular formula is C8H9BrN4S. The van der Waals surface area contributed by atoms with Gasteiger partial charge in [-0.05, 0) is 27.4 Å². The molecule has 0 saturated carbocycles. The molecule has 0 aliphatic rings. The first-order valence-electron chi connectivity index (χ1n) is 4.10. The summed E-state index contributed by atoms with van der Waals surface area (Å²) in [5.41, 5.74) is 5.42. The monoisotopic (exact) mass is 272 g/mol. The number of aromatic nitrogens is 3. The van der Waals surface area contributed by atoms with Crippen LogP contribution in [0.15, 0.2) is 22.2 Å². The van der Waals surface area contributed by atoms with Gasteiger partial charge in [0.25, 0.3) is 0 Å². The highest BCUT2D eigenvalue weighted by Gasteiger charge is 2.04. The van der Waals surface area contributed by atoms with E-state index in [-0.39, 0.29) is 0 Å². The normalized spacial score (nSPS) is 10.7. The van der Waals surface area contributed by atoms with Crippen LogP contribution in [0.3, 0.4) is 0 Å². The summed E-state index contributed by atoms with van der Waals surface area (Å²) >= 11 is 5.17. The Morgan fingerprint density at radius 1 is 1.57 bits per heavy atom. The van der Waals surface area contributed by atoms with Gasteiger partial charge in [0, 0.05) is 9.35 Å². The van der Waals surface area contributed by atoms with Crippen LogP contribution in [0.4, 0.5) is 0 Å². The van der Waals surface area contributed by atoms with Gasteiger partial charge in [-0.1, -0.05) is 0 Å². The molecule has 14 heavy (non-hydrogen) atoms. The fourth-order valence-corrected chi connectivity index (χ4v) is 2.56. The van der Waals surface area contributed by atoms with E-state index in [9.17, 15) is 0 Å². The van der Waals surface area contributed by atoms with Gasteiger partial charge in [0.05, 0.1) is 13.1 Å². The molecular weight excluding hydrogens is 264 g/mol. The molecule has 6 heteroatoms. The highest BCUT2D eigenvalue weighted by molar-refractivity contribution is 9.10. The molecule has 0 aliphatic heterocycles. The zero-order chi connectivity index (χ0) is 9.97. The average Bonchev–Trinajstić information content (AvgIpc) is 2.77. The lowest BCUT2D eigenvalue weighted by atomic mass is 10.5. The summed E-state index contributed by atoms with van der Waals surface area (Å²) in [7, 11) is 0. The van der Waals surface area contributed by atoms with E-state index in [2.05, 4.69) is 26.0 Å². The summed E-state index contributed by atoms with van der Waals surface area (Å²) in [6.45, 7) is 1.13. The fraction of sp³-hybridized carbons (Fsp3) is 0.250. The maximum absolute atomic E-state index is 5.42. The number of hydrogen-bond acceptors (Lipinski definition) is 4. The van der Waals surface area contributed by atoms with Gasteiger partial charge in [-0.2, -0.15) is 5.10 Å². The quantitative estimate of drug-likeness (QED) is 0.924. The predicted molar refractivity (Wildman–Crippen MR) is 59.0 cm³/mol. The van der Waals surface area contributed by atoms with Crippen molar-refractivity contribution in [3.8, 4) is 0 Å². The van der Waals surface area contributed by atoms with Crippen molar-refractivity contribution in [2.24, 2.45) is 5.73 Å². The molecule has 0 amide bonds. The summed E-state index contributed by atoms with van der Waals surface area (Å²) in [5.74, 6) is 0.678. The number of rotatable bonds is 3. The van der Waals surface area contributed by atoms with Crippen LogP contribution < -0.4 is 5.73 Å². The van der Waals surface area contributed by atoms with E-state index < -0.39 is 0 Å². The fourth-order valence-electron chi connectivity index (χ4n) is 1.09. The molecule has 0 fully saturated rings. The van der Waals surface area contributed by atoms with Crippen LogP contribution in [0.25, 0.3) is 0 Å². The van der Waals surface area contributed by atoms with E-state index in [1.54, 1.807) is 22.3 Å². The Bertz CT molecular complexity index is 422. The maximum Gasteiger partial charge on any atom is 0.164 e. The second-order valence-electron chi connectivity index (χ2n) is 2.75. The number of halogens is 1. The molecule has 2 aromatic rings. The first kappa shape index (κ1) is 9.82. The van der Waals surface area contributed by atoms with Crippen molar-refractivity contribution in [3.63, 3.8) is 0 Å². The summed E-state index contributed by atoms with van der Waals surface area (Å²) < 4.78 is 2.91. The van der Waals surface area contributed by atoms with Crippen LogP contribution in [-0.2, 0) is 13.1 Å². The maximum atomic E-state index is 5.42. The van der Waals surface area contributed by atoms with Crippen LogP contribution in [-0.4, -0.2) is 14.8 Å². The Morgan fingerprint density at radius 2 is 2.43 bits per heavy atom. The Morgan fingerprint density at radius 3 is 3.00 bits per heavy atom. The highest BCUT2D eigenvalue weighted by atomic mass is 79.9. The third-order valence-electron chi connectivity index (χ3n) is 1.76. The molecule has 0 saturated heterocycles. The van der Waals surface area contributed by atoms with Gasteiger partial charge in [-0.25, -0.2) is 9.67 Å². The third-order valence-corrected chi connectivity index (χ3v) is 3.67. The minimum atomic E-state index is 0.388. The zero-order valence-corrected chi connectivity index (χ0v) is 9.75. The highest BCUT2D eigenvalue weighted by Crippen LogP contribution is 2.23. The Labute approximate surface area is 93.9 Å². The minimum absolute atomic E-state index is 0.388. The third kappa shape index (κ3) is 2.02. The molecule has 2 heterocycles. The van der Waals surface area contributed by atoms with Crippen molar-refractivity contribution in [2.75, 3.05) is 0 Å². The standard InChI is InChI=1S/C8H9BrN4S/c9-6-1-2-14-7(6)4-13-5-11-8(3-10)12-13/h1-2,5H,3-4,10H2. The molecule has 0 aliphatic carbocycles. The van der Waals surface area contributed by atoms with E-state index >= 15 is 0 Å². The molecule has 4 nitrogen and oxygen atoms in total. The first-order valence-corrected chi connectivity index (χ1v) is 5.77. The molecule has 2 aromatic heterocycles. The largest absolute Gasteiger partial charge is 0.324 e. The summed E-state index contributed by atoms with van der Waals surface area (Å²) in [5, 5.41) is 6.25. The number of hydrogen-bond donors (Lipinski definition) is 1. The van der Waals surface area contributed by atoms with Gasteiger partial charge in [0.2, 0.25) is 0 Å². The van der Waals surface area contributed by atoms with Crippen molar-refractivity contribution in [1.82, 2.24) is 14.8 Å². The van der Waals surface area contributed by atoms with Gasteiger partial charge in [-0.3, -0.25) is 0 Å².